The van der Waals surface area contributed by atoms with Gasteiger partial charge in [-0.25, -0.2) is 9.97 Å². The molecule has 4 rings (SSSR count). The molecule has 22 heavy (non-hydrogen) atoms. The van der Waals surface area contributed by atoms with Crippen LogP contribution in [0.5, 0.6) is 0 Å². The van der Waals surface area contributed by atoms with Crippen molar-refractivity contribution in [2.75, 3.05) is 24.5 Å². The Bertz CT molecular complexity index is 668. The predicted molar refractivity (Wildman–Crippen MR) is 92.8 cm³/mol. The lowest BCUT2D eigenvalue weighted by atomic mass is 10.0. The zero-order valence-corrected chi connectivity index (χ0v) is 14.3. The number of aromatic nitrogens is 2. The maximum absolute atomic E-state index is 4.93. The first kappa shape index (κ1) is 14.4. The average molecular weight is 316 g/mol. The lowest BCUT2D eigenvalue weighted by molar-refractivity contribution is 0.194. The molecule has 118 valence electrons. The number of hydrogen-bond donors (Lipinski definition) is 0. The van der Waals surface area contributed by atoms with Gasteiger partial charge in [-0.1, -0.05) is 13.8 Å². The smallest absolute Gasteiger partial charge is 0.141 e. The van der Waals surface area contributed by atoms with Gasteiger partial charge in [-0.2, -0.15) is 0 Å². The van der Waals surface area contributed by atoms with E-state index in [-0.39, 0.29) is 0 Å². The Kier molecular flexibility index (Phi) is 3.78. The van der Waals surface area contributed by atoms with Crippen molar-refractivity contribution < 1.29 is 0 Å². The summed E-state index contributed by atoms with van der Waals surface area (Å²) in [4.78, 5) is 16.0. The Morgan fingerprint density at radius 1 is 1.27 bits per heavy atom. The van der Waals surface area contributed by atoms with Crippen molar-refractivity contribution in [2.45, 2.75) is 51.6 Å². The van der Waals surface area contributed by atoms with Crippen molar-refractivity contribution >= 4 is 27.4 Å². The zero-order chi connectivity index (χ0) is 15.1. The second-order valence-electron chi connectivity index (χ2n) is 6.46. The second kappa shape index (κ2) is 5.78. The maximum Gasteiger partial charge on any atom is 0.141 e. The minimum Gasteiger partial charge on any atom is -0.350 e. The van der Waals surface area contributed by atoms with E-state index >= 15 is 0 Å². The van der Waals surface area contributed by atoms with Gasteiger partial charge in [0.2, 0.25) is 0 Å². The molecule has 2 unspecified atom stereocenters. The van der Waals surface area contributed by atoms with Crippen molar-refractivity contribution in [1.29, 1.82) is 0 Å². The number of fused-ring (bicyclic) bond motifs is 2. The molecule has 2 atom stereocenters. The lowest BCUT2D eigenvalue weighted by Crippen LogP contribution is -2.56. The molecule has 0 N–H and O–H groups in total. The number of aryl methyl sites for hydroxylation is 1. The number of anilines is 1. The van der Waals surface area contributed by atoms with Crippen LogP contribution in [0.25, 0.3) is 10.2 Å². The molecule has 2 aliphatic heterocycles. The topological polar surface area (TPSA) is 32.3 Å². The Hall–Kier alpha value is -1.20. The molecule has 0 saturated carbocycles. The molecule has 2 aliphatic rings. The van der Waals surface area contributed by atoms with Crippen LogP contribution in [0.15, 0.2) is 11.4 Å². The van der Waals surface area contributed by atoms with Crippen molar-refractivity contribution in [1.82, 2.24) is 14.9 Å². The maximum atomic E-state index is 4.93. The number of piperazine rings is 1. The Labute approximate surface area is 136 Å². The highest BCUT2D eigenvalue weighted by atomic mass is 32.1. The molecule has 4 heterocycles. The van der Waals surface area contributed by atoms with E-state index in [9.17, 15) is 0 Å². The lowest BCUT2D eigenvalue weighted by Gasteiger charge is -2.44. The van der Waals surface area contributed by atoms with E-state index in [1.165, 1.54) is 43.6 Å². The van der Waals surface area contributed by atoms with Gasteiger partial charge in [0.1, 0.15) is 16.5 Å². The van der Waals surface area contributed by atoms with Gasteiger partial charge in [-0.15, -0.1) is 11.3 Å². The van der Waals surface area contributed by atoms with Crippen LogP contribution in [0.1, 0.15) is 38.9 Å². The van der Waals surface area contributed by atoms with Gasteiger partial charge in [0.25, 0.3) is 0 Å². The summed E-state index contributed by atoms with van der Waals surface area (Å²) in [6, 6.07) is 3.50. The van der Waals surface area contributed by atoms with Crippen molar-refractivity contribution in [3.8, 4) is 0 Å². The second-order valence-corrected chi connectivity index (χ2v) is 7.36. The van der Waals surface area contributed by atoms with E-state index < -0.39 is 0 Å². The molecular weight excluding hydrogens is 292 g/mol. The molecule has 0 amide bonds. The summed E-state index contributed by atoms with van der Waals surface area (Å²) in [5, 5.41) is 3.39. The first-order valence-electron chi connectivity index (χ1n) is 8.55. The molecule has 2 aromatic heterocycles. The predicted octanol–water partition coefficient (Wildman–Crippen LogP) is 3.32. The third-order valence-corrected chi connectivity index (χ3v) is 6.01. The van der Waals surface area contributed by atoms with Crippen LogP contribution in [0.2, 0.25) is 0 Å². The molecule has 0 bridgehead atoms. The molecule has 5 heteroatoms. The highest BCUT2D eigenvalue weighted by Gasteiger charge is 2.36. The van der Waals surface area contributed by atoms with E-state index in [1.54, 1.807) is 11.3 Å². The van der Waals surface area contributed by atoms with Crippen LogP contribution in [0.3, 0.4) is 0 Å². The van der Waals surface area contributed by atoms with Gasteiger partial charge in [-0.05, 0) is 37.3 Å². The van der Waals surface area contributed by atoms with Crippen molar-refractivity contribution in [3.63, 3.8) is 0 Å². The molecular formula is C17H24N4S. The minimum atomic E-state index is 0.581. The Morgan fingerprint density at radius 2 is 2.18 bits per heavy atom. The Morgan fingerprint density at radius 3 is 3.00 bits per heavy atom. The van der Waals surface area contributed by atoms with Crippen LogP contribution in [-0.4, -0.2) is 46.6 Å². The highest BCUT2D eigenvalue weighted by Crippen LogP contribution is 2.34. The molecule has 0 aromatic carbocycles. The molecule has 2 saturated heterocycles. The summed E-state index contributed by atoms with van der Waals surface area (Å²) < 4.78 is 0. The summed E-state index contributed by atoms with van der Waals surface area (Å²) in [6.45, 7) is 8.06. The fourth-order valence-electron chi connectivity index (χ4n) is 3.96. The van der Waals surface area contributed by atoms with Gasteiger partial charge in [0.05, 0.1) is 5.39 Å². The third-order valence-electron chi connectivity index (χ3n) is 5.20. The van der Waals surface area contributed by atoms with Crippen LogP contribution in [-0.2, 0) is 6.42 Å². The van der Waals surface area contributed by atoms with E-state index in [2.05, 4.69) is 35.1 Å². The zero-order valence-electron chi connectivity index (χ0n) is 13.5. The molecule has 0 radical (unpaired) electrons. The average Bonchev–Trinajstić information content (AvgIpc) is 3.20. The Balaban J connectivity index is 1.77. The highest BCUT2D eigenvalue weighted by molar-refractivity contribution is 7.16. The normalized spacial score (nSPS) is 25.8. The van der Waals surface area contributed by atoms with Gasteiger partial charge < -0.3 is 4.90 Å². The largest absolute Gasteiger partial charge is 0.350 e. The molecule has 2 fully saturated rings. The van der Waals surface area contributed by atoms with E-state index in [4.69, 9.17) is 9.97 Å². The van der Waals surface area contributed by atoms with E-state index in [0.29, 0.717) is 6.04 Å². The van der Waals surface area contributed by atoms with Crippen LogP contribution in [0, 0.1) is 0 Å². The number of nitrogens with zero attached hydrogens (tertiary/aromatic N) is 4. The number of hydrogen-bond acceptors (Lipinski definition) is 5. The van der Waals surface area contributed by atoms with Crippen LogP contribution < -0.4 is 4.90 Å². The quantitative estimate of drug-likeness (QED) is 0.869. The van der Waals surface area contributed by atoms with E-state index in [0.717, 1.165) is 29.7 Å². The van der Waals surface area contributed by atoms with Crippen LogP contribution >= 0.6 is 11.3 Å². The monoisotopic (exact) mass is 316 g/mol. The third kappa shape index (κ3) is 2.31. The van der Waals surface area contributed by atoms with Gasteiger partial charge >= 0.3 is 0 Å². The minimum absolute atomic E-state index is 0.581. The summed E-state index contributed by atoms with van der Waals surface area (Å²) >= 11 is 1.74. The molecule has 0 spiro atoms. The summed E-state index contributed by atoms with van der Waals surface area (Å²) in [5.41, 5.74) is 0. The van der Waals surface area contributed by atoms with E-state index in [1.807, 2.05) is 0 Å². The van der Waals surface area contributed by atoms with Gasteiger partial charge in [-0.3, -0.25) is 4.90 Å². The summed E-state index contributed by atoms with van der Waals surface area (Å²) in [7, 11) is 0. The summed E-state index contributed by atoms with van der Waals surface area (Å²) in [6.07, 6.45) is 4.78. The molecule has 2 aromatic rings. The fourth-order valence-corrected chi connectivity index (χ4v) is 4.73. The molecule has 0 aliphatic carbocycles. The van der Waals surface area contributed by atoms with Gasteiger partial charge in [0.15, 0.2) is 0 Å². The van der Waals surface area contributed by atoms with Crippen molar-refractivity contribution in [2.24, 2.45) is 0 Å². The number of rotatable bonds is 3. The SMILES string of the molecule is CCc1nc(N2CC3CCCN3CC2CC)c2ccsc2n1. The first-order chi connectivity index (χ1) is 10.8. The van der Waals surface area contributed by atoms with Crippen LogP contribution in [0.4, 0.5) is 5.82 Å². The van der Waals surface area contributed by atoms with Crippen molar-refractivity contribution in [3.05, 3.63) is 17.3 Å². The standard InChI is InChI=1S/C17H24N4S/c1-3-12-10-20-8-5-6-13(20)11-21(12)16-14-7-9-22-17(14)19-15(4-2)18-16/h7,9,12-13H,3-6,8,10-11H2,1-2H3. The first-order valence-corrected chi connectivity index (χ1v) is 9.43. The molecule has 4 nitrogen and oxygen atoms in total. The summed E-state index contributed by atoms with van der Waals surface area (Å²) in [5.74, 6) is 2.16. The van der Waals surface area contributed by atoms with Gasteiger partial charge in [0, 0.05) is 31.6 Å². The number of thiophene rings is 1. The fraction of sp³-hybridized carbons (Fsp3) is 0.647.